The molecule has 1 saturated heterocycles. The van der Waals surface area contributed by atoms with E-state index in [-0.39, 0.29) is 12.5 Å². The van der Waals surface area contributed by atoms with Gasteiger partial charge in [-0.3, -0.25) is 9.59 Å². The monoisotopic (exact) mass is 297 g/mol. The molecule has 5 nitrogen and oxygen atoms in total. The maximum absolute atomic E-state index is 12.0. The maximum Gasteiger partial charge on any atom is 0.311 e. The third kappa shape index (κ3) is 4.70. The zero-order valence-corrected chi connectivity index (χ0v) is 12.7. The van der Waals surface area contributed by atoms with E-state index in [9.17, 15) is 14.7 Å². The first-order valence-corrected chi connectivity index (χ1v) is 8.20. The first kappa shape index (κ1) is 16.3. The second-order valence-corrected chi connectivity index (χ2v) is 6.52. The number of aliphatic carboxylic acids is 1. The number of carboxylic acid groups (broad SMARTS) is 1. The van der Waals surface area contributed by atoms with Crippen LogP contribution < -0.4 is 5.32 Å². The number of hydrogen-bond acceptors (Lipinski definition) is 3. The van der Waals surface area contributed by atoms with Gasteiger partial charge in [-0.05, 0) is 38.0 Å². The van der Waals surface area contributed by atoms with Crippen molar-refractivity contribution in [3.63, 3.8) is 0 Å². The molecule has 21 heavy (non-hydrogen) atoms. The van der Waals surface area contributed by atoms with Crippen molar-refractivity contribution < 1.29 is 19.4 Å². The van der Waals surface area contributed by atoms with Crippen LogP contribution in [0, 0.1) is 11.3 Å². The van der Waals surface area contributed by atoms with Crippen molar-refractivity contribution >= 4 is 11.9 Å². The van der Waals surface area contributed by atoms with Crippen LogP contribution in [0.2, 0.25) is 0 Å². The third-order valence-electron chi connectivity index (χ3n) is 5.01. The average molecular weight is 297 g/mol. The van der Waals surface area contributed by atoms with Crippen LogP contribution in [-0.4, -0.2) is 36.7 Å². The van der Waals surface area contributed by atoms with Gasteiger partial charge in [-0.25, -0.2) is 0 Å². The SMILES string of the molecule is O=C(CCC1CCOCC1)NCC1(C(=O)O)CCCCC1. The summed E-state index contributed by atoms with van der Waals surface area (Å²) in [7, 11) is 0. The van der Waals surface area contributed by atoms with Gasteiger partial charge in [0.1, 0.15) is 0 Å². The maximum atomic E-state index is 12.0. The highest BCUT2D eigenvalue weighted by molar-refractivity contribution is 5.79. The van der Waals surface area contributed by atoms with Gasteiger partial charge in [0.25, 0.3) is 0 Å². The zero-order valence-electron chi connectivity index (χ0n) is 12.7. The van der Waals surface area contributed by atoms with E-state index in [4.69, 9.17) is 4.74 Å². The Bertz CT molecular complexity index is 357. The van der Waals surface area contributed by atoms with Crippen LogP contribution in [0.1, 0.15) is 57.8 Å². The van der Waals surface area contributed by atoms with E-state index in [1.165, 1.54) is 0 Å². The molecule has 0 spiro atoms. The standard InChI is InChI=1S/C16H27NO4/c18-14(5-4-13-6-10-21-11-7-13)17-12-16(15(19)20)8-2-1-3-9-16/h13H,1-12H2,(H,17,18)(H,19,20). The summed E-state index contributed by atoms with van der Waals surface area (Å²) >= 11 is 0. The van der Waals surface area contributed by atoms with Gasteiger partial charge in [0.15, 0.2) is 0 Å². The van der Waals surface area contributed by atoms with E-state index >= 15 is 0 Å². The molecular weight excluding hydrogens is 270 g/mol. The lowest BCUT2D eigenvalue weighted by Crippen LogP contribution is -2.44. The molecule has 1 amide bonds. The molecule has 0 aromatic rings. The minimum Gasteiger partial charge on any atom is -0.481 e. The predicted molar refractivity (Wildman–Crippen MR) is 78.9 cm³/mol. The summed E-state index contributed by atoms with van der Waals surface area (Å²) in [6.45, 7) is 1.89. The van der Waals surface area contributed by atoms with Gasteiger partial charge >= 0.3 is 5.97 Å². The molecule has 0 atom stereocenters. The Morgan fingerprint density at radius 1 is 1.14 bits per heavy atom. The van der Waals surface area contributed by atoms with Crippen LogP contribution >= 0.6 is 0 Å². The second-order valence-electron chi connectivity index (χ2n) is 6.52. The molecule has 0 aromatic heterocycles. The largest absolute Gasteiger partial charge is 0.481 e. The van der Waals surface area contributed by atoms with Gasteiger partial charge in [0.05, 0.1) is 5.41 Å². The highest BCUT2D eigenvalue weighted by atomic mass is 16.5. The first-order valence-electron chi connectivity index (χ1n) is 8.20. The molecule has 1 aliphatic heterocycles. The molecule has 0 bridgehead atoms. The zero-order chi connectivity index (χ0) is 15.1. The van der Waals surface area contributed by atoms with Crippen molar-refractivity contribution in [1.29, 1.82) is 0 Å². The second kappa shape index (κ2) is 7.78. The quantitative estimate of drug-likeness (QED) is 0.789. The molecule has 0 aromatic carbocycles. The number of carbonyl (C=O) groups is 2. The Morgan fingerprint density at radius 3 is 2.43 bits per heavy atom. The van der Waals surface area contributed by atoms with Crippen molar-refractivity contribution in [3.8, 4) is 0 Å². The van der Waals surface area contributed by atoms with Gasteiger partial charge in [-0.1, -0.05) is 19.3 Å². The van der Waals surface area contributed by atoms with Crippen molar-refractivity contribution in [2.24, 2.45) is 11.3 Å². The van der Waals surface area contributed by atoms with Gasteiger partial charge in [0, 0.05) is 26.2 Å². The van der Waals surface area contributed by atoms with E-state index < -0.39 is 11.4 Å². The minimum atomic E-state index is -0.757. The number of nitrogens with one attached hydrogen (secondary N) is 1. The Hall–Kier alpha value is -1.10. The molecule has 5 heteroatoms. The highest BCUT2D eigenvalue weighted by Crippen LogP contribution is 2.36. The lowest BCUT2D eigenvalue weighted by Gasteiger charge is -2.33. The fraction of sp³-hybridized carbons (Fsp3) is 0.875. The number of hydrogen-bond donors (Lipinski definition) is 2. The van der Waals surface area contributed by atoms with Gasteiger partial charge in [-0.2, -0.15) is 0 Å². The summed E-state index contributed by atoms with van der Waals surface area (Å²) in [5.74, 6) is -0.188. The molecule has 2 fully saturated rings. The van der Waals surface area contributed by atoms with E-state index in [2.05, 4.69) is 5.32 Å². The molecule has 0 radical (unpaired) electrons. The Morgan fingerprint density at radius 2 is 1.81 bits per heavy atom. The molecule has 2 aliphatic rings. The number of rotatable bonds is 6. The predicted octanol–water partition coefficient (Wildman–Crippen LogP) is 2.34. The molecule has 1 saturated carbocycles. The van der Waals surface area contributed by atoms with Crippen molar-refractivity contribution in [2.75, 3.05) is 19.8 Å². The molecule has 2 N–H and O–H groups in total. The van der Waals surface area contributed by atoms with Gasteiger partial charge < -0.3 is 15.2 Å². The number of carbonyl (C=O) groups excluding carboxylic acids is 1. The van der Waals surface area contributed by atoms with Crippen LogP contribution in [0.3, 0.4) is 0 Å². The van der Waals surface area contributed by atoms with Crippen molar-refractivity contribution in [3.05, 3.63) is 0 Å². The lowest BCUT2D eigenvalue weighted by atomic mass is 9.74. The smallest absolute Gasteiger partial charge is 0.311 e. The van der Waals surface area contributed by atoms with Crippen LogP contribution in [0.5, 0.6) is 0 Å². The van der Waals surface area contributed by atoms with E-state index in [0.29, 0.717) is 25.2 Å². The summed E-state index contributed by atoms with van der Waals surface area (Å²) < 4.78 is 5.31. The van der Waals surface area contributed by atoms with Gasteiger partial charge in [0.2, 0.25) is 5.91 Å². The van der Waals surface area contributed by atoms with Crippen LogP contribution in [0.25, 0.3) is 0 Å². The Balaban J connectivity index is 1.72. The topological polar surface area (TPSA) is 75.6 Å². The minimum absolute atomic E-state index is 0.00677. The van der Waals surface area contributed by atoms with E-state index in [0.717, 1.165) is 51.7 Å². The highest BCUT2D eigenvalue weighted by Gasteiger charge is 2.39. The lowest BCUT2D eigenvalue weighted by molar-refractivity contribution is -0.151. The van der Waals surface area contributed by atoms with Crippen LogP contribution in [-0.2, 0) is 14.3 Å². The number of amides is 1. The summed E-state index contributed by atoms with van der Waals surface area (Å²) in [5, 5.41) is 12.3. The summed E-state index contributed by atoms with van der Waals surface area (Å²) in [6, 6.07) is 0. The van der Waals surface area contributed by atoms with Crippen LogP contribution in [0.4, 0.5) is 0 Å². The Kier molecular flexibility index (Phi) is 6.03. The normalized spacial score (nSPS) is 22.7. The van der Waals surface area contributed by atoms with Gasteiger partial charge in [-0.15, -0.1) is 0 Å². The molecular formula is C16H27NO4. The molecule has 1 heterocycles. The van der Waals surface area contributed by atoms with Crippen LogP contribution in [0.15, 0.2) is 0 Å². The summed E-state index contributed by atoms with van der Waals surface area (Å²) in [4.78, 5) is 23.5. The number of carboxylic acids is 1. The fourth-order valence-electron chi connectivity index (χ4n) is 3.42. The van der Waals surface area contributed by atoms with Crippen molar-refractivity contribution in [2.45, 2.75) is 57.8 Å². The summed E-state index contributed by atoms with van der Waals surface area (Å²) in [6.07, 6.45) is 7.82. The molecule has 0 unspecified atom stereocenters. The Labute approximate surface area is 126 Å². The molecule has 120 valence electrons. The summed E-state index contributed by atoms with van der Waals surface area (Å²) in [5.41, 5.74) is -0.730. The van der Waals surface area contributed by atoms with E-state index in [1.807, 2.05) is 0 Å². The number of ether oxygens (including phenoxy) is 1. The molecule has 1 aliphatic carbocycles. The average Bonchev–Trinajstić information content (AvgIpc) is 2.52. The molecule has 2 rings (SSSR count). The van der Waals surface area contributed by atoms with Crippen molar-refractivity contribution in [1.82, 2.24) is 5.32 Å². The fourth-order valence-corrected chi connectivity index (χ4v) is 3.42. The third-order valence-corrected chi connectivity index (χ3v) is 5.01. The van der Waals surface area contributed by atoms with E-state index in [1.54, 1.807) is 0 Å². The first-order chi connectivity index (χ1) is 10.1.